The third kappa shape index (κ3) is 3.29. The van der Waals surface area contributed by atoms with Crippen molar-refractivity contribution in [1.82, 2.24) is 24.3 Å². The number of benzene rings is 1. The number of aromatic nitrogens is 5. The van der Waals surface area contributed by atoms with Gasteiger partial charge in [0.05, 0.1) is 46.9 Å². The molecule has 1 aromatic carbocycles. The van der Waals surface area contributed by atoms with Crippen LogP contribution in [-0.4, -0.2) is 30.2 Å². The van der Waals surface area contributed by atoms with Crippen molar-refractivity contribution >= 4 is 34.2 Å². The van der Waals surface area contributed by atoms with Gasteiger partial charge in [-0.25, -0.2) is 14.6 Å². The van der Waals surface area contributed by atoms with E-state index in [4.69, 9.17) is 11.6 Å². The van der Waals surface area contributed by atoms with Crippen LogP contribution in [0, 0.1) is 6.92 Å². The van der Waals surface area contributed by atoms with Crippen molar-refractivity contribution < 1.29 is 4.79 Å². The molecule has 0 aliphatic heterocycles. The lowest BCUT2D eigenvalue weighted by Gasteiger charge is -2.08. The highest BCUT2D eigenvalue weighted by atomic mass is 35.5. The summed E-state index contributed by atoms with van der Waals surface area (Å²) in [7, 11) is 1.92. The Morgan fingerprint density at radius 2 is 1.96 bits per heavy atom. The van der Waals surface area contributed by atoms with Crippen molar-refractivity contribution in [3.05, 3.63) is 71.0 Å². The molecule has 8 heteroatoms. The van der Waals surface area contributed by atoms with E-state index in [1.807, 2.05) is 42.8 Å². The maximum atomic E-state index is 12.6. The summed E-state index contributed by atoms with van der Waals surface area (Å²) < 4.78 is 3.65. The fourth-order valence-electron chi connectivity index (χ4n) is 2.80. The lowest BCUT2D eigenvalue weighted by molar-refractivity contribution is 0.102. The summed E-state index contributed by atoms with van der Waals surface area (Å²) in [5.41, 5.74) is 3.74. The number of nitrogens with one attached hydrogen (secondary N) is 1. The molecular formula is C19H17ClN6O. The molecule has 0 aliphatic rings. The number of rotatable bonds is 4. The Kier molecular flexibility index (Phi) is 4.37. The molecule has 27 heavy (non-hydrogen) atoms. The van der Waals surface area contributed by atoms with Crippen LogP contribution in [0.4, 0.5) is 5.69 Å². The zero-order valence-corrected chi connectivity index (χ0v) is 15.6. The van der Waals surface area contributed by atoms with Gasteiger partial charge in [-0.3, -0.25) is 4.79 Å². The van der Waals surface area contributed by atoms with Crippen molar-refractivity contribution in [3.8, 4) is 0 Å². The van der Waals surface area contributed by atoms with Gasteiger partial charge < -0.3 is 9.88 Å². The number of anilines is 1. The first kappa shape index (κ1) is 17.2. The molecule has 0 atom stereocenters. The van der Waals surface area contributed by atoms with Crippen molar-refractivity contribution in [2.24, 2.45) is 7.05 Å². The normalized spacial score (nSPS) is 11.1. The maximum absolute atomic E-state index is 12.6. The van der Waals surface area contributed by atoms with E-state index in [9.17, 15) is 4.79 Å². The van der Waals surface area contributed by atoms with Crippen LogP contribution in [0.5, 0.6) is 0 Å². The standard InChI is InChI=1S/C19H17ClN6O/c1-12-3-5-13(6-4-12)24-19(27)16-8-22-18-15(17(16)20)9-23-26(18)10-14-7-21-11-25(14)2/h3-9,11H,10H2,1-2H3,(H,24,27). The number of hydrogen-bond acceptors (Lipinski definition) is 4. The minimum atomic E-state index is -0.308. The Morgan fingerprint density at radius 1 is 1.19 bits per heavy atom. The van der Waals surface area contributed by atoms with E-state index in [2.05, 4.69) is 20.4 Å². The largest absolute Gasteiger partial charge is 0.336 e. The first-order valence-electron chi connectivity index (χ1n) is 8.36. The number of carbonyl (C=O) groups is 1. The van der Waals surface area contributed by atoms with Gasteiger partial charge in [0.15, 0.2) is 5.65 Å². The summed E-state index contributed by atoms with van der Waals surface area (Å²) in [6.07, 6.45) is 6.62. The molecule has 0 fully saturated rings. The second-order valence-corrected chi connectivity index (χ2v) is 6.72. The van der Waals surface area contributed by atoms with Gasteiger partial charge in [0.1, 0.15) is 0 Å². The smallest absolute Gasteiger partial charge is 0.258 e. The lowest BCUT2D eigenvalue weighted by atomic mass is 10.2. The van der Waals surface area contributed by atoms with Crippen LogP contribution in [0.25, 0.3) is 11.0 Å². The Balaban J connectivity index is 1.63. The number of hydrogen-bond donors (Lipinski definition) is 1. The van der Waals surface area contributed by atoms with Gasteiger partial charge >= 0.3 is 0 Å². The topological polar surface area (TPSA) is 77.6 Å². The Labute approximate surface area is 160 Å². The molecule has 4 aromatic rings. The molecule has 3 heterocycles. The number of nitrogens with zero attached hydrogens (tertiary/aromatic N) is 5. The molecule has 0 unspecified atom stereocenters. The van der Waals surface area contributed by atoms with Crippen LogP contribution in [0.3, 0.4) is 0 Å². The number of amides is 1. The molecule has 136 valence electrons. The van der Waals surface area contributed by atoms with Crippen LogP contribution in [0.15, 0.2) is 49.2 Å². The monoisotopic (exact) mass is 380 g/mol. The van der Waals surface area contributed by atoms with Gasteiger partial charge in [-0.1, -0.05) is 29.3 Å². The summed E-state index contributed by atoms with van der Waals surface area (Å²) >= 11 is 6.48. The molecule has 0 spiro atoms. The van der Waals surface area contributed by atoms with Crippen molar-refractivity contribution in [2.45, 2.75) is 13.5 Å². The second kappa shape index (κ2) is 6.85. The zero-order valence-electron chi connectivity index (χ0n) is 14.8. The highest BCUT2D eigenvalue weighted by molar-refractivity contribution is 6.38. The SMILES string of the molecule is Cc1ccc(NC(=O)c2cnc3c(cnn3Cc3cncn3C)c2Cl)cc1. The number of imidazole rings is 1. The number of pyridine rings is 1. The molecule has 7 nitrogen and oxygen atoms in total. The summed E-state index contributed by atoms with van der Waals surface area (Å²) in [6, 6.07) is 7.56. The Bertz CT molecular complexity index is 1130. The predicted molar refractivity (Wildman–Crippen MR) is 104 cm³/mol. The lowest BCUT2D eigenvalue weighted by Crippen LogP contribution is -2.13. The Hall–Kier alpha value is -3.19. The minimum Gasteiger partial charge on any atom is -0.336 e. The van der Waals surface area contributed by atoms with Crippen molar-refractivity contribution in [2.75, 3.05) is 5.32 Å². The fourth-order valence-corrected chi connectivity index (χ4v) is 3.07. The van der Waals surface area contributed by atoms with Crippen LogP contribution < -0.4 is 5.32 Å². The van der Waals surface area contributed by atoms with Gasteiger partial charge in [-0.15, -0.1) is 0 Å². The minimum absolute atomic E-state index is 0.308. The molecule has 3 aromatic heterocycles. The third-order valence-corrected chi connectivity index (χ3v) is 4.79. The van der Waals surface area contributed by atoms with Gasteiger partial charge in [0.25, 0.3) is 5.91 Å². The molecule has 0 bridgehead atoms. The number of fused-ring (bicyclic) bond motifs is 1. The average Bonchev–Trinajstić information content (AvgIpc) is 3.25. The summed E-state index contributed by atoms with van der Waals surface area (Å²) in [6.45, 7) is 2.50. The van der Waals surface area contributed by atoms with E-state index >= 15 is 0 Å². The third-order valence-electron chi connectivity index (χ3n) is 4.38. The van der Waals surface area contributed by atoms with E-state index in [0.717, 1.165) is 11.3 Å². The van der Waals surface area contributed by atoms with Crippen LogP contribution >= 0.6 is 11.6 Å². The number of halogens is 1. The quantitative estimate of drug-likeness (QED) is 0.588. The zero-order chi connectivity index (χ0) is 19.0. The molecule has 1 N–H and O–H groups in total. The molecule has 4 rings (SSSR count). The van der Waals surface area contributed by atoms with E-state index in [-0.39, 0.29) is 5.91 Å². The van der Waals surface area contributed by atoms with Gasteiger partial charge in [0.2, 0.25) is 0 Å². The maximum Gasteiger partial charge on any atom is 0.258 e. The predicted octanol–water partition coefficient (Wildman–Crippen LogP) is 3.43. The fraction of sp³-hybridized carbons (Fsp3) is 0.158. The number of aryl methyl sites for hydroxylation is 2. The molecule has 0 saturated heterocycles. The molecular weight excluding hydrogens is 364 g/mol. The first-order valence-corrected chi connectivity index (χ1v) is 8.74. The highest BCUT2D eigenvalue weighted by Gasteiger charge is 2.17. The van der Waals surface area contributed by atoms with Crippen LogP contribution in [0.2, 0.25) is 5.02 Å². The van der Waals surface area contributed by atoms with E-state index in [1.165, 1.54) is 6.20 Å². The van der Waals surface area contributed by atoms with Gasteiger partial charge in [0, 0.05) is 18.9 Å². The van der Waals surface area contributed by atoms with Gasteiger partial charge in [-0.05, 0) is 19.1 Å². The summed E-state index contributed by atoms with van der Waals surface area (Å²) in [5.74, 6) is -0.308. The summed E-state index contributed by atoms with van der Waals surface area (Å²) in [5, 5.41) is 8.17. The van der Waals surface area contributed by atoms with E-state index in [1.54, 1.807) is 23.4 Å². The van der Waals surface area contributed by atoms with E-state index < -0.39 is 0 Å². The van der Waals surface area contributed by atoms with Crippen molar-refractivity contribution in [1.29, 1.82) is 0 Å². The van der Waals surface area contributed by atoms with Crippen LogP contribution in [0.1, 0.15) is 21.6 Å². The summed E-state index contributed by atoms with van der Waals surface area (Å²) in [4.78, 5) is 21.1. The van der Waals surface area contributed by atoms with Crippen LogP contribution in [-0.2, 0) is 13.6 Å². The molecule has 1 amide bonds. The van der Waals surface area contributed by atoms with Gasteiger partial charge in [-0.2, -0.15) is 5.10 Å². The van der Waals surface area contributed by atoms with Crippen molar-refractivity contribution in [3.63, 3.8) is 0 Å². The van der Waals surface area contributed by atoms with E-state index in [0.29, 0.717) is 33.9 Å². The molecule has 0 radical (unpaired) electrons. The Morgan fingerprint density at radius 3 is 2.67 bits per heavy atom. The highest BCUT2D eigenvalue weighted by Crippen LogP contribution is 2.26. The first-order chi connectivity index (χ1) is 13.0. The molecule has 0 saturated carbocycles. The average molecular weight is 381 g/mol. The second-order valence-electron chi connectivity index (χ2n) is 6.34. The number of carbonyl (C=O) groups excluding carboxylic acids is 1. The molecule has 0 aliphatic carbocycles.